The Hall–Kier alpha value is -2.74. The summed E-state index contributed by atoms with van der Waals surface area (Å²) in [5.41, 5.74) is 0.595. The lowest BCUT2D eigenvalue weighted by molar-refractivity contribution is 0.0511. The van der Waals surface area contributed by atoms with Gasteiger partial charge in [-0.3, -0.25) is 0 Å². The molecule has 0 bridgehead atoms. The quantitative estimate of drug-likeness (QED) is 0.233. The van der Waals surface area contributed by atoms with Crippen LogP contribution in [-0.4, -0.2) is 41.0 Å². The topological polar surface area (TPSA) is 70.8 Å². The van der Waals surface area contributed by atoms with Crippen LogP contribution in [0.25, 0.3) is 0 Å². The van der Waals surface area contributed by atoms with Gasteiger partial charge in [0.25, 0.3) is 0 Å². The van der Waals surface area contributed by atoms with Gasteiger partial charge < -0.3 is 14.3 Å². The first kappa shape index (κ1) is 16.6. The van der Waals surface area contributed by atoms with Crippen LogP contribution in [0.2, 0.25) is 0 Å². The van der Waals surface area contributed by atoms with Gasteiger partial charge >= 0.3 is 0 Å². The minimum absolute atomic E-state index is 0.0654. The van der Waals surface area contributed by atoms with Crippen LogP contribution >= 0.6 is 0 Å². The Balaban J connectivity index is 2.22. The molecule has 0 aliphatic rings. The second-order valence-corrected chi connectivity index (χ2v) is 4.35. The zero-order valence-electron chi connectivity index (χ0n) is 12.6. The third kappa shape index (κ3) is 4.62. The van der Waals surface area contributed by atoms with Crippen molar-refractivity contribution in [3.05, 3.63) is 55.1 Å². The Morgan fingerprint density at radius 3 is 2.83 bits per heavy atom. The number of alkyl halides is 1. The molecule has 1 heterocycles. The molecule has 0 radical (unpaired) electrons. The van der Waals surface area contributed by atoms with Gasteiger partial charge in [0, 0.05) is 12.7 Å². The van der Waals surface area contributed by atoms with E-state index in [-0.39, 0.29) is 19.1 Å². The molecule has 8 heteroatoms. The molecule has 0 N–H and O–H groups in total. The second kappa shape index (κ2) is 8.64. The molecule has 0 amide bonds. The number of aromatic nitrogens is 3. The van der Waals surface area contributed by atoms with E-state index in [0.717, 1.165) is 4.68 Å². The molecule has 0 saturated carbocycles. The highest BCUT2D eigenvalue weighted by molar-refractivity contribution is 6.02. The summed E-state index contributed by atoms with van der Waals surface area (Å²) in [4.78, 5) is 8.76. The fourth-order valence-electron chi connectivity index (χ4n) is 1.70. The maximum absolute atomic E-state index is 14.6. The smallest absolute Gasteiger partial charge is 0.239 e. The lowest BCUT2D eigenvalue weighted by Crippen LogP contribution is -2.17. The van der Waals surface area contributed by atoms with Gasteiger partial charge in [0.15, 0.2) is 6.79 Å². The fraction of sp³-hybridized carbons (Fsp3) is 0.267. The molecule has 0 fully saturated rings. The van der Waals surface area contributed by atoms with E-state index in [1.807, 2.05) is 0 Å². The number of oxime groups is 1. The molecule has 23 heavy (non-hydrogen) atoms. The van der Waals surface area contributed by atoms with Crippen molar-refractivity contribution in [2.75, 3.05) is 20.5 Å². The van der Waals surface area contributed by atoms with Crippen LogP contribution in [0.3, 0.4) is 0 Å². The van der Waals surface area contributed by atoms with Gasteiger partial charge in [-0.25, -0.2) is 14.1 Å². The predicted octanol–water partition coefficient (Wildman–Crippen LogP) is 2.34. The number of ether oxygens (including phenoxy) is 2. The van der Waals surface area contributed by atoms with Crippen molar-refractivity contribution in [3.8, 4) is 5.75 Å². The van der Waals surface area contributed by atoms with Gasteiger partial charge in [-0.15, -0.1) is 0 Å². The van der Waals surface area contributed by atoms with E-state index < -0.39 is 6.30 Å². The fourth-order valence-corrected chi connectivity index (χ4v) is 1.70. The minimum atomic E-state index is -1.63. The minimum Gasteiger partial charge on any atom is -0.468 e. The van der Waals surface area contributed by atoms with Crippen molar-refractivity contribution in [2.24, 2.45) is 5.16 Å². The van der Waals surface area contributed by atoms with E-state index in [2.05, 4.69) is 21.8 Å². The van der Waals surface area contributed by atoms with Crippen LogP contribution in [0.1, 0.15) is 11.9 Å². The van der Waals surface area contributed by atoms with Crippen LogP contribution in [0, 0.1) is 0 Å². The Labute approximate surface area is 133 Å². The van der Waals surface area contributed by atoms with Crippen molar-refractivity contribution in [1.29, 1.82) is 0 Å². The first-order chi connectivity index (χ1) is 11.3. The number of hydrogen-bond acceptors (Lipinski definition) is 6. The molecule has 122 valence electrons. The zero-order valence-corrected chi connectivity index (χ0v) is 12.6. The highest BCUT2D eigenvalue weighted by atomic mass is 19.1. The molecule has 1 unspecified atom stereocenters. The second-order valence-electron chi connectivity index (χ2n) is 4.35. The van der Waals surface area contributed by atoms with Crippen molar-refractivity contribution < 1.29 is 18.7 Å². The van der Waals surface area contributed by atoms with Crippen LogP contribution in [0.5, 0.6) is 5.75 Å². The number of benzene rings is 1. The van der Waals surface area contributed by atoms with Crippen LogP contribution in [0.15, 0.2) is 54.7 Å². The van der Waals surface area contributed by atoms with Crippen molar-refractivity contribution in [1.82, 2.24) is 14.8 Å². The Morgan fingerprint density at radius 2 is 2.22 bits per heavy atom. The molecular weight excluding hydrogens is 303 g/mol. The van der Waals surface area contributed by atoms with Crippen LogP contribution in [-0.2, 0) is 9.57 Å². The van der Waals surface area contributed by atoms with Gasteiger partial charge in [0.05, 0.1) is 0 Å². The average molecular weight is 320 g/mol. The standard InChI is InChI=1S/C15H17FN4O3/c1-3-8-23-19-14(15(16)20-10-17-9-18-20)12-4-6-13(7-5-12)22-11-21-2/h3-7,9-10,15H,1,8,11H2,2H3. The highest BCUT2D eigenvalue weighted by Crippen LogP contribution is 2.19. The molecule has 1 aromatic carbocycles. The molecular formula is C15H17FN4O3. The summed E-state index contributed by atoms with van der Waals surface area (Å²) in [6.07, 6.45) is 2.40. The maximum Gasteiger partial charge on any atom is 0.239 e. The van der Waals surface area contributed by atoms with E-state index in [1.54, 1.807) is 24.3 Å². The normalized spacial score (nSPS) is 12.7. The van der Waals surface area contributed by atoms with E-state index in [0.29, 0.717) is 11.3 Å². The van der Waals surface area contributed by atoms with Crippen molar-refractivity contribution >= 4 is 5.71 Å². The van der Waals surface area contributed by atoms with E-state index in [4.69, 9.17) is 14.3 Å². The molecule has 7 nitrogen and oxygen atoms in total. The summed E-state index contributed by atoms with van der Waals surface area (Å²) in [5.74, 6) is 0.595. The van der Waals surface area contributed by atoms with Gasteiger partial charge in [-0.1, -0.05) is 17.8 Å². The summed E-state index contributed by atoms with van der Waals surface area (Å²) in [7, 11) is 1.53. The number of rotatable bonds is 9. The highest BCUT2D eigenvalue weighted by Gasteiger charge is 2.21. The summed E-state index contributed by atoms with van der Waals surface area (Å²) in [6.45, 7) is 3.82. The van der Waals surface area contributed by atoms with Gasteiger partial charge in [0.1, 0.15) is 30.7 Å². The number of nitrogens with zero attached hydrogens (tertiary/aromatic N) is 4. The Morgan fingerprint density at radius 1 is 1.43 bits per heavy atom. The number of hydrogen-bond donors (Lipinski definition) is 0. The average Bonchev–Trinajstić information content (AvgIpc) is 3.12. The summed E-state index contributed by atoms with van der Waals surface area (Å²) in [6, 6.07) is 6.71. The Kier molecular flexibility index (Phi) is 6.25. The summed E-state index contributed by atoms with van der Waals surface area (Å²) >= 11 is 0. The molecule has 0 spiro atoms. The van der Waals surface area contributed by atoms with Crippen molar-refractivity contribution in [2.45, 2.75) is 6.30 Å². The van der Waals surface area contributed by atoms with E-state index >= 15 is 0 Å². The molecule has 1 aromatic heterocycles. The van der Waals surface area contributed by atoms with E-state index in [1.165, 1.54) is 25.8 Å². The lowest BCUT2D eigenvalue weighted by Gasteiger charge is -2.12. The molecule has 2 aromatic rings. The maximum atomic E-state index is 14.6. The molecule has 0 aliphatic heterocycles. The molecule has 2 rings (SSSR count). The summed E-state index contributed by atoms with van der Waals surface area (Å²) < 4.78 is 25.8. The first-order valence-corrected chi connectivity index (χ1v) is 6.77. The third-order valence-electron chi connectivity index (χ3n) is 2.74. The van der Waals surface area contributed by atoms with Gasteiger partial charge in [-0.05, 0) is 24.3 Å². The van der Waals surface area contributed by atoms with Gasteiger partial charge in [-0.2, -0.15) is 5.10 Å². The SMILES string of the molecule is C=CCON=C(c1ccc(OCOC)cc1)C(F)n1cncn1. The Bertz CT molecular complexity index is 629. The number of methoxy groups -OCH3 is 1. The van der Waals surface area contributed by atoms with E-state index in [9.17, 15) is 4.39 Å². The summed E-state index contributed by atoms with van der Waals surface area (Å²) in [5, 5.41) is 7.63. The first-order valence-electron chi connectivity index (χ1n) is 6.77. The molecule has 0 aliphatic carbocycles. The lowest BCUT2D eigenvalue weighted by atomic mass is 10.1. The molecule has 0 saturated heterocycles. The van der Waals surface area contributed by atoms with Crippen molar-refractivity contribution in [3.63, 3.8) is 0 Å². The zero-order chi connectivity index (χ0) is 16.5. The predicted molar refractivity (Wildman–Crippen MR) is 81.8 cm³/mol. The molecule has 1 atom stereocenters. The van der Waals surface area contributed by atoms with Crippen LogP contribution < -0.4 is 4.74 Å². The van der Waals surface area contributed by atoms with Gasteiger partial charge in [0.2, 0.25) is 6.30 Å². The third-order valence-corrected chi connectivity index (χ3v) is 2.74. The van der Waals surface area contributed by atoms with Crippen LogP contribution in [0.4, 0.5) is 4.39 Å². The monoisotopic (exact) mass is 320 g/mol. The largest absolute Gasteiger partial charge is 0.468 e. The number of halogens is 1.